The predicted octanol–water partition coefficient (Wildman–Crippen LogP) is 4.12. The van der Waals surface area contributed by atoms with Crippen LogP contribution >= 0.6 is 22.9 Å². The Morgan fingerprint density at radius 3 is 2.86 bits per heavy atom. The van der Waals surface area contributed by atoms with Crippen molar-refractivity contribution in [1.82, 2.24) is 9.38 Å². The second-order valence-electron chi connectivity index (χ2n) is 4.85. The molecule has 6 heteroatoms. The molecule has 0 aliphatic heterocycles. The van der Waals surface area contributed by atoms with Gasteiger partial charge in [-0.25, -0.2) is 0 Å². The number of rotatable bonds is 5. The zero-order valence-electron chi connectivity index (χ0n) is 11.6. The number of thiazole rings is 1. The van der Waals surface area contributed by atoms with E-state index in [0.717, 1.165) is 29.2 Å². The number of imidazole rings is 1. The maximum atomic E-state index is 6.10. The quantitative estimate of drug-likeness (QED) is 0.769. The van der Waals surface area contributed by atoms with Gasteiger partial charge < -0.3 is 10.5 Å². The Hall–Kier alpha value is -1.56. The van der Waals surface area contributed by atoms with Crippen molar-refractivity contribution < 1.29 is 4.74 Å². The topological polar surface area (TPSA) is 52.5 Å². The number of fused-ring (bicyclic) bond motifs is 1. The van der Waals surface area contributed by atoms with Gasteiger partial charge in [-0.15, -0.1) is 11.3 Å². The van der Waals surface area contributed by atoms with Gasteiger partial charge in [0.05, 0.1) is 5.69 Å². The Balaban J connectivity index is 1.94. The molecule has 1 atom stereocenters. The van der Waals surface area contributed by atoms with Crippen LogP contribution in [-0.4, -0.2) is 15.4 Å². The van der Waals surface area contributed by atoms with Crippen molar-refractivity contribution in [3.05, 3.63) is 46.6 Å². The Morgan fingerprint density at radius 1 is 1.38 bits per heavy atom. The van der Waals surface area contributed by atoms with Gasteiger partial charge in [-0.3, -0.25) is 4.40 Å². The molecule has 3 rings (SSSR count). The third-order valence-corrected chi connectivity index (χ3v) is 4.34. The van der Waals surface area contributed by atoms with Crippen LogP contribution in [0.1, 0.15) is 19.0 Å². The van der Waals surface area contributed by atoms with Crippen molar-refractivity contribution in [1.29, 1.82) is 0 Å². The highest BCUT2D eigenvalue weighted by molar-refractivity contribution is 7.15. The predicted molar refractivity (Wildman–Crippen MR) is 86.6 cm³/mol. The molecule has 0 radical (unpaired) electrons. The van der Waals surface area contributed by atoms with Crippen LogP contribution in [-0.2, 0) is 6.42 Å². The van der Waals surface area contributed by atoms with E-state index >= 15 is 0 Å². The molecule has 0 fully saturated rings. The number of ether oxygens (including phenoxy) is 1. The van der Waals surface area contributed by atoms with Crippen LogP contribution in [0.3, 0.4) is 0 Å². The standard InChI is InChI=1S/C15H16ClN3OS/c1-2-11(17)9-13-14(18-15-19(13)7-8-21-15)20-12-5-3-10(16)4-6-12/h3-8,11H,2,9,17H2,1H3. The van der Waals surface area contributed by atoms with E-state index in [2.05, 4.69) is 11.9 Å². The van der Waals surface area contributed by atoms with E-state index in [-0.39, 0.29) is 6.04 Å². The summed E-state index contributed by atoms with van der Waals surface area (Å²) in [6, 6.07) is 7.36. The second kappa shape index (κ2) is 6.05. The highest BCUT2D eigenvalue weighted by atomic mass is 35.5. The minimum atomic E-state index is 0.0948. The van der Waals surface area contributed by atoms with Gasteiger partial charge in [0, 0.05) is 29.1 Å². The van der Waals surface area contributed by atoms with Crippen molar-refractivity contribution in [2.45, 2.75) is 25.8 Å². The van der Waals surface area contributed by atoms with Crippen LogP contribution in [0.2, 0.25) is 5.02 Å². The summed E-state index contributed by atoms with van der Waals surface area (Å²) in [6.45, 7) is 2.08. The lowest BCUT2D eigenvalue weighted by Gasteiger charge is -2.10. The minimum Gasteiger partial charge on any atom is -0.437 e. The molecule has 4 nitrogen and oxygen atoms in total. The van der Waals surface area contributed by atoms with Crippen molar-refractivity contribution in [3.8, 4) is 11.6 Å². The summed E-state index contributed by atoms with van der Waals surface area (Å²) in [4.78, 5) is 5.46. The van der Waals surface area contributed by atoms with Crippen molar-refractivity contribution in [3.63, 3.8) is 0 Å². The second-order valence-corrected chi connectivity index (χ2v) is 6.16. The number of halogens is 1. The van der Waals surface area contributed by atoms with Crippen LogP contribution < -0.4 is 10.5 Å². The van der Waals surface area contributed by atoms with Crippen molar-refractivity contribution in [2.24, 2.45) is 5.73 Å². The third-order valence-electron chi connectivity index (χ3n) is 3.33. The molecule has 2 heterocycles. The Kier molecular flexibility index (Phi) is 4.14. The number of nitrogens with two attached hydrogens (primary N) is 1. The highest BCUT2D eigenvalue weighted by Gasteiger charge is 2.17. The summed E-state index contributed by atoms with van der Waals surface area (Å²) in [5, 5.41) is 2.69. The summed E-state index contributed by atoms with van der Waals surface area (Å²) in [5.74, 6) is 1.34. The molecule has 0 saturated carbocycles. The van der Waals surface area contributed by atoms with Crippen LogP contribution in [0.25, 0.3) is 4.96 Å². The van der Waals surface area contributed by atoms with Crippen LogP contribution in [0, 0.1) is 0 Å². The summed E-state index contributed by atoms with van der Waals surface area (Å²) in [5.41, 5.74) is 7.11. The molecule has 1 unspecified atom stereocenters. The van der Waals surface area contributed by atoms with E-state index < -0.39 is 0 Å². The number of benzene rings is 1. The fourth-order valence-electron chi connectivity index (χ4n) is 2.09. The van der Waals surface area contributed by atoms with E-state index in [4.69, 9.17) is 22.1 Å². The highest BCUT2D eigenvalue weighted by Crippen LogP contribution is 2.29. The number of aromatic nitrogens is 2. The first-order valence-corrected chi connectivity index (χ1v) is 8.06. The van der Waals surface area contributed by atoms with Crippen LogP contribution in [0.5, 0.6) is 11.6 Å². The lowest BCUT2D eigenvalue weighted by Crippen LogP contribution is -2.22. The first-order valence-electron chi connectivity index (χ1n) is 6.80. The summed E-state index contributed by atoms with van der Waals surface area (Å²) in [6.07, 6.45) is 3.65. The van der Waals surface area contributed by atoms with Crippen LogP contribution in [0.4, 0.5) is 0 Å². The van der Waals surface area contributed by atoms with Gasteiger partial charge >= 0.3 is 0 Å². The Labute approximate surface area is 132 Å². The molecule has 3 aromatic rings. The molecule has 0 aliphatic rings. The molecule has 0 spiro atoms. The molecule has 0 saturated heterocycles. The fraction of sp³-hybridized carbons (Fsp3) is 0.267. The van der Waals surface area contributed by atoms with E-state index in [9.17, 15) is 0 Å². The minimum absolute atomic E-state index is 0.0948. The summed E-state index contributed by atoms with van der Waals surface area (Å²) >= 11 is 7.47. The Morgan fingerprint density at radius 2 is 2.14 bits per heavy atom. The summed E-state index contributed by atoms with van der Waals surface area (Å²) < 4.78 is 7.96. The van der Waals surface area contributed by atoms with Gasteiger partial charge in [-0.2, -0.15) is 4.98 Å². The normalized spacial score (nSPS) is 12.7. The maximum Gasteiger partial charge on any atom is 0.242 e. The fourth-order valence-corrected chi connectivity index (χ4v) is 2.94. The molecule has 1 aromatic carbocycles. The average Bonchev–Trinajstić information content (AvgIpc) is 3.04. The lowest BCUT2D eigenvalue weighted by atomic mass is 10.1. The largest absolute Gasteiger partial charge is 0.437 e. The monoisotopic (exact) mass is 321 g/mol. The van der Waals surface area contributed by atoms with Gasteiger partial charge in [0.1, 0.15) is 5.75 Å². The van der Waals surface area contributed by atoms with E-state index in [1.165, 1.54) is 0 Å². The van der Waals surface area contributed by atoms with Gasteiger partial charge in [-0.1, -0.05) is 18.5 Å². The lowest BCUT2D eigenvalue weighted by molar-refractivity contribution is 0.455. The summed E-state index contributed by atoms with van der Waals surface area (Å²) in [7, 11) is 0. The number of hydrogen-bond acceptors (Lipinski definition) is 4. The van der Waals surface area contributed by atoms with Gasteiger partial charge in [-0.05, 0) is 30.7 Å². The van der Waals surface area contributed by atoms with Crippen molar-refractivity contribution in [2.75, 3.05) is 0 Å². The SMILES string of the molecule is CCC(N)Cc1c(Oc2ccc(Cl)cc2)nc2sccn12. The molecular weight excluding hydrogens is 306 g/mol. The zero-order chi connectivity index (χ0) is 14.8. The van der Waals surface area contributed by atoms with E-state index in [0.29, 0.717) is 10.9 Å². The first kappa shape index (κ1) is 14.4. The van der Waals surface area contributed by atoms with E-state index in [1.807, 2.05) is 28.1 Å². The molecule has 2 N–H and O–H groups in total. The number of nitrogens with zero attached hydrogens (tertiary/aromatic N) is 2. The van der Waals surface area contributed by atoms with Gasteiger partial charge in [0.2, 0.25) is 5.88 Å². The molecule has 0 amide bonds. The Bertz CT molecular complexity index is 735. The molecule has 0 bridgehead atoms. The average molecular weight is 322 g/mol. The molecular formula is C15H16ClN3OS. The molecule has 21 heavy (non-hydrogen) atoms. The maximum absolute atomic E-state index is 6.10. The molecule has 110 valence electrons. The number of hydrogen-bond donors (Lipinski definition) is 1. The third kappa shape index (κ3) is 3.05. The smallest absolute Gasteiger partial charge is 0.242 e. The molecule has 2 aromatic heterocycles. The van der Waals surface area contributed by atoms with Crippen molar-refractivity contribution >= 4 is 27.9 Å². The van der Waals surface area contributed by atoms with Gasteiger partial charge in [0.15, 0.2) is 4.96 Å². The van der Waals surface area contributed by atoms with Gasteiger partial charge in [0.25, 0.3) is 0 Å². The zero-order valence-corrected chi connectivity index (χ0v) is 13.2. The van der Waals surface area contributed by atoms with E-state index in [1.54, 1.807) is 23.5 Å². The first-order chi connectivity index (χ1) is 10.2. The van der Waals surface area contributed by atoms with Crippen LogP contribution in [0.15, 0.2) is 35.8 Å². The molecule has 0 aliphatic carbocycles.